The molecule has 1 aromatic carbocycles. The summed E-state index contributed by atoms with van der Waals surface area (Å²) in [7, 11) is 0. The van der Waals surface area contributed by atoms with Crippen LogP contribution in [0.4, 0.5) is 5.69 Å². The molecular formula is C15H14N4S. The molecule has 0 fully saturated rings. The number of aryl methyl sites for hydroxylation is 2. The number of nitrogen functional groups attached to an aromatic ring is 1. The van der Waals surface area contributed by atoms with Gasteiger partial charge in [-0.05, 0) is 55.4 Å². The lowest BCUT2D eigenvalue weighted by Gasteiger charge is -2.07. The van der Waals surface area contributed by atoms with Crippen molar-refractivity contribution in [2.24, 2.45) is 0 Å². The average Bonchev–Trinajstić information content (AvgIpc) is 2.42. The normalized spacial score (nSPS) is 10.9. The van der Waals surface area contributed by atoms with Crippen molar-refractivity contribution >= 4 is 28.4 Å². The van der Waals surface area contributed by atoms with Gasteiger partial charge in [-0.1, -0.05) is 0 Å². The number of hydrogen-bond donors (Lipinski definition) is 1. The van der Waals surface area contributed by atoms with Gasteiger partial charge in [-0.15, -0.1) is 0 Å². The Labute approximate surface area is 121 Å². The lowest BCUT2D eigenvalue weighted by atomic mass is 10.2. The molecule has 0 aliphatic heterocycles. The van der Waals surface area contributed by atoms with Gasteiger partial charge in [0, 0.05) is 34.1 Å². The van der Waals surface area contributed by atoms with E-state index in [1.165, 1.54) is 11.8 Å². The average molecular weight is 282 g/mol. The van der Waals surface area contributed by atoms with E-state index in [-0.39, 0.29) is 0 Å². The molecule has 0 saturated carbocycles. The van der Waals surface area contributed by atoms with Gasteiger partial charge in [0.25, 0.3) is 0 Å². The molecule has 0 unspecified atom stereocenters. The molecule has 0 radical (unpaired) electrons. The number of benzene rings is 1. The molecule has 3 rings (SSSR count). The van der Waals surface area contributed by atoms with E-state index in [4.69, 9.17) is 5.73 Å². The molecule has 2 N–H and O–H groups in total. The molecule has 0 amide bonds. The molecule has 2 aromatic heterocycles. The van der Waals surface area contributed by atoms with Gasteiger partial charge in [0.1, 0.15) is 0 Å². The fourth-order valence-electron chi connectivity index (χ4n) is 1.95. The van der Waals surface area contributed by atoms with Crippen molar-refractivity contribution in [1.82, 2.24) is 15.0 Å². The first-order chi connectivity index (χ1) is 9.61. The summed E-state index contributed by atoms with van der Waals surface area (Å²) >= 11 is 1.53. The van der Waals surface area contributed by atoms with Crippen molar-refractivity contribution < 1.29 is 0 Å². The molecule has 0 atom stereocenters. The Morgan fingerprint density at radius 2 is 1.80 bits per heavy atom. The smallest absolute Gasteiger partial charge is 0.192 e. The summed E-state index contributed by atoms with van der Waals surface area (Å²) in [5.41, 5.74) is 9.57. The van der Waals surface area contributed by atoms with Crippen molar-refractivity contribution in [3.8, 4) is 0 Å². The highest BCUT2D eigenvalue weighted by atomic mass is 32.2. The molecule has 2 heterocycles. The Kier molecular flexibility index (Phi) is 3.28. The summed E-state index contributed by atoms with van der Waals surface area (Å²) < 4.78 is 0. The second kappa shape index (κ2) is 5.09. The van der Waals surface area contributed by atoms with E-state index in [9.17, 15) is 0 Å². The summed E-state index contributed by atoms with van der Waals surface area (Å²) in [5, 5.41) is 1.76. The van der Waals surface area contributed by atoms with E-state index in [2.05, 4.69) is 15.0 Å². The predicted octanol–water partition coefficient (Wildman–Crippen LogP) is 3.38. The van der Waals surface area contributed by atoms with Crippen LogP contribution in [0.1, 0.15) is 11.3 Å². The van der Waals surface area contributed by atoms with E-state index >= 15 is 0 Å². The van der Waals surface area contributed by atoms with Gasteiger partial charge >= 0.3 is 0 Å². The van der Waals surface area contributed by atoms with Gasteiger partial charge in [0.2, 0.25) is 0 Å². The highest BCUT2D eigenvalue weighted by Gasteiger charge is 2.08. The number of nitrogens with two attached hydrogens (primary N) is 1. The van der Waals surface area contributed by atoms with Crippen molar-refractivity contribution in [3.63, 3.8) is 0 Å². The molecule has 0 aliphatic carbocycles. The fraction of sp³-hybridized carbons (Fsp3) is 0.133. The molecule has 100 valence electrons. The molecule has 0 bridgehead atoms. The molecule has 0 saturated heterocycles. The maximum atomic E-state index is 5.88. The SMILES string of the molecule is Cc1cnc(Sc2cc(C)nc3ccc(N)cc23)nc1. The van der Waals surface area contributed by atoms with Crippen molar-refractivity contribution in [2.45, 2.75) is 23.9 Å². The Morgan fingerprint density at radius 1 is 1.05 bits per heavy atom. The van der Waals surface area contributed by atoms with Gasteiger partial charge in [-0.2, -0.15) is 0 Å². The van der Waals surface area contributed by atoms with Crippen LogP contribution < -0.4 is 5.73 Å². The first-order valence-electron chi connectivity index (χ1n) is 6.25. The van der Waals surface area contributed by atoms with E-state index in [1.54, 1.807) is 0 Å². The van der Waals surface area contributed by atoms with Crippen LogP contribution in [-0.2, 0) is 0 Å². The number of pyridine rings is 1. The number of nitrogens with zero attached hydrogens (tertiary/aromatic N) is 3. The van der Waals surface area contributed by atoms with Gasteiger partial charge in [-0.25, -0.2) is 9.97 Å². The predicted molar refractivity (Wildman–Crippen MR) is 81.8 cm³/mol. The summed E-state index contributed by atoms with van der Waals surface area (Å²) in [4.78, 5) is 14.3. The van der Waals surface area contributed by atoms with Crippen LogP contribution in [-0.4, -0.2) is 15.0 Å². The third-order valence-electron chi connectivity index (χ3n) is 2.88. The van der Waals surface area contributed by atoms with Crippen LogP contribution in [0.2, 0.25) is 0 Å². The topological polar surface area (TPSA) is 64.7 Å². The Morgan fingerprint density at radius 3 is 2.55 bits per heavy atom. The largest absolute Gasteiger partial charge is 0.399 e. The number of anilines is 1. The molecule has 5 heteroatoms. The van der Waals surface area contributed by atoms with Crippen LogP contribution in [0, 0.1) is 13.8 Å². The quantitative estimate of drug-likeness (QED) is 0.576. The highest BCUT2D eigenvalue weighted by Crippen LogP contribution is 2.32. The minimum Gasteiger partial charge on any atom is -0.399 e. The van der Waals surface area contributed by atoms with Gasteiger partial charge in [0.05, 0.1) is 5.52 Å². The van der Waals surface area contributed by atoms with Crippen LogP contribution >= 0.6 is 11.8 Å². The first-order valence-corrected chi connectivity index (χ1v) is 7.07. The maximum Gasteiger partial charge on any atom is 0.192 e. The second-order valence-electron chi connectivity index (χ2n) is 4.68. The molecule has 4 nitrogen and oxygen atoms in total. The van der Waals surface area contributed by atoms with Gasteiger partial charge in [0.15, 0.2) is 5.16 Å². The van der Waals surface area contributed by atoms with Crippen molar-refractivity contribution in [2.75, 3.05) is 5.73 Å². The highest BCUT2D eigenvalue weighted by molar-refractivity contribution is 7.99. The summed E-state index contributed by atoms with van der Waals surface area (Å²) in [6.07, 6.45) is 3.64. The molecule has 20 heavy (non-hydrogen) atoms. The zero-order chi connectivity index (χ0) is 14.1. The number of aromatic nitrogens is 3. The Balaban J connectivity index is 2.10. The molecule has 0 aliphatic rings. The van der Waals surface area contributed by atoms with E-state index in [0.717, 1.165) is 37.9 Å². The van der Waals surface area contributed by atoms with Crippen LogP contribution in [0.5, 0.6) is 0 Å². The zero-order valence-corrected chi connectivity index (χ0v) is 12.1. The summed E-state index contributed by atoms with van der Waals surface area (Å²) in [6, 6.07) is 7.79. The summed E-state index contributed by atoms with van der Waals surface area (Å²) in [6.45, 7) is 3.96. The standard InChI is InChI=1S/C15H14N4S/c1-9-7-17-15(18-8-9)20-14-5-10(2)19-13-4-3-11(16)6-12(13)14/h3-8H,16H2,1-2H3. The number of fused-ring (bicyclic) bond motifs is 1. The third kappa shape index (κ3) is 2.58. The van der Waals surface area contributed by atoms with Crippen LogP contribution in [0.15, 0.2) is 46.7 Å². The van der Waals surface area contributed by atoms with Crippen LogP contribution in [0.25, 0.3) is 10.9 Å². The lowest BCUT2D eigenvalue weighted by molar-refractivity contribution is 0.950. The molecule has 3 aromatic rings. The van der Waals surface area contributed by atoms with Gasteiger partial charge < -0.3 is 5.73 Å². The van der Waals surface area contributed by atoms with Gasteiger partial charge in [-0.3, -0.25) is 4.98 Å². The minimum atomic E-state index is 0.727. The first kappa shape index (κ1) is 12.9. The third-order valence-corrected chi connectivity index (χ3v) is 3.83. The second-order valence-corrected chi connectivity index (χ2v) is 5.69. The monoisotopic (exact) mass is 282 g/mol. The van der Waals surface area contributed by atoms with E-state index in [1.807, 2.05) is 50.5 Å². The Hall–Kier alpha value is -2.14. The minimum absolute atomic E-state index is 0.727. The van der Waals surface area contributed by atoms with E-state index in [0.29, 0.717) is 0 Å². The summed E-state index contributed by atoms with van der Waals surface area (Å²) in [5.74, 6) is 0. The van der Waals surface area contributed by atoms with E-state index < -0.39 is 0 Å². The number of rotatable bonds is 2. The molecular weight excluding hydrogens is 268 g/mol. The van der Waals surface area contributed by atoms with Crippen LogP contribution in [0.3, 0.4) is 0 Å². The van der Waals surface area contributed by atoms with Crippen molar-refractivity contribution in [1.29, 1.82) is 0 Å². The fourth-order valence-corrected chi connectivity index (χ4v) is 2.86. The maximum absolute atomic E-state index is 5.88. The zero-order valence-electron chi connectivity index (χ0n) is 11.3. The number of hydrogen-bond acceptors (Lipinski definition) is 5. The molecule has 0 spiro atoms. The lowest BCUT2D eigenvalue weighted by Crippen LogP contribution is -1.92. The van der Waals surface area contributed by atoms with Crippen molar-refractivity contribution in [3.05, 3.63) is 47.9 Å². The Bertz CT molecular complexity index is 769.